The van der Waals surface area contributed by atoms with Gasteiger partial charge in [0.15, 0.2) is 0 Å². The zero-order valence-corrected chi connectivity index (χ0v) is 11.0. The van der Waals surface area contributed by atoms with Crippen LogP contribution in [0.1, 0.15) is 13.3 Å². The van der Waals surface area contributed by atoms with E-state index >= 15 is 0 Å². The zero-order chi connectivity index (χ0) is 12.9. The molecule has 6 N–H and O–H groups in total. The normalized spacial score (nSPS) is 11.4. The summed E-state index contributed by atoms with van der Waals surface area (Å²) in [4.78, 5) is 8.00. The van der Waals surface area contributed by atoms with E-state index in [1.54, 1.807) is 0 Å². The molecular formula is C9H16BrN5O2. The van der Waals surface area contributed by atoms with Crippen molar-refractivity contribution >= 4 is 27.7 Å². The van der Waals surface area contributed by atoms with Gasteiger partial charge in [0.1, 0.15) is 5.82 Å². The Kier molecular flexibility index (Phi) is 5.06. The van der Waals surface area contributed by atoms with E-state index in [4.69, 9.17) is 5.84 Å². The maximum atomic E-state index is 9.33. The number of rotatable bonds is 6. The van der Waals surface area contributed by atoms with Gasteiger partial charge in [-0.05, 0) is 22.4 Å². The standard InChI is InChI=1S/C9H16BrN5O2/c1-2-9(4-16,5-17)14-7-6(10)3-12-8(13-7)15-11/h3,16-17H,2,4-5,11H2,1H3,(H2,12,13,14,15). The maximum absolute atomic E-state index is 9.33. The lowest BCUT2D eigenvalue weighted by Crippen LogP contribution is -2.45. The van der Waals surface area contributed by atoms with E-state index in [1.165, 1.54) is 6.20 Å². The molecule has 1 aromatic heterocycles. The van der Waals surface area contributed by atoms with E-state index in [2.05, 4.69) is 36.6 Å². The second-order valence-corrected chi connectivity index (χ2v) is 4.46. The van der Waals surface area contributed by atoms with Crippen molar-refractivity contribution in [3.05, 3.63) is 10.7 Å². The summed E-state index contributed by atoms with van der Waals surface area (Å²) < 4.78 is 0.622. The van der Waals surface area contributed by atoms with E-state index in [1.807, 2.05) is 6.92 Å². The molecule has 17 heavy (non-hydrogen) atoms. The Hall–Kier alpha value is -0.960. The Bertz CT molecular complexity index is 364. The number of aromatic nitrogens is 2. The van der Waals surface area contributed by atoms with Gasteiger partial charge in [0.2, 0.25) is 5.95 Å². The number of anilines is 2. The molecule has 7 nitrogen and oxygen atoms in total. The van der Waals surface area contributed by atoms with E-state index in [0.717, 1.165) is 0 Å². The van der Waals surface area contributed by atoms with E-state index in [-0.39, 0.29) is 19.2 Å². The first-order valence-corrected chi connectivity index (χ1v) is 5.89. The quantitative estimate of drug-likeness (QED) is 0.373. The van der Waals surface area contributed by atoms with Gasteiger partial charge in [0, 0.05) is 6.20 Å². The zero-order valence-electron chi connectivity index (χ0n) is 9.44. The van der Waals surface area contributed by atoms with Gasteiger partial charge in [0.25, 0.3) is 0 Å². The van der Waals surface area contributed by atoms with Gasteiger partial charge in [-0.1, -0.05) is 6.92 Å². The van der Waals surface area contributed by atoms with Gasteiger partial charge in [0.05, 0.1) is 23.2 Å². The highest BCUT2D eigenvalue weighted by Gasteiger charge is 2.27. The number of nitrogens with two attached hydrogens (primary N) is 1. The molecule has 0 amide bonds. The number of hydrazine groups is 1. The molecule has 0 spiro atoms. The lowest BCUT2D eigenvalue weighted by atomic mass is 9.98. The molecule has 0 saturated heterocycles. The second kappa shape index (κ2) is 6.10. The van der Waals surface area contributed by atoms with Gasteiger partial charge in [-0.25, -0.2) is 10.8 Å². The van der Waals surface area contributed by atoms with Crippen LogP contribution >= 0.6 is 15.9 Å². The van der Waals surface area contributed by atoms with Crippen LogP contribution in [0.25, 0.3) is 0 Å². The number of halogens is 1. The van der Waals surface area contributed by atoms with Crippen molar-refractivity contribution in [1.82, 2.24) is 9.97 Å². The fourth-order valence-corrected chi connectivity index (χ4v) is 1.51. The van der Waals surface area contributed by atoms with Crippen LogP contribution in [-0.4, -0.2) is 38.9 Å². The second-order valence-electron chi connectivity index (χ2n) is 3.61. The van der Waals surface area contributed by atoms with Crippen LogP contribution in [0.3, 0.4) is 0 Å². The highest BCUT2D eigenvalue weighted by molar-refractivity contribution is 9.10. The number of hydrogen-bond acceptors (Lipinski definition) is 7. The summed E-state index contributed by atoms with van der Waals surface area (Å²) in [6.07, 6.45) is 2.07. The average molecular weight is 306 g/mol. The molecule has 8 heteroatoms. The van der Waals surface area contributed by atoms with E-state index in [9.17, 15) is 10.2 Å². The fourth-order valence-electron chi connectivity index (χ4n) is 1.22. The number of nitrogen functional groups attached to an aromatic ring is 1. The minimum absolute atomic E-state index is 0.207. The third kappa shape index (κ3) is 3.25. The molecule has 1 aromatic rings. The average Bonchev–Trinajstić information content (AvgIpc) is 2.38. The molecule has 0 aliphatic carbocycles. The Balaban J connectivity index is 2.99. The summed E-state index contributed by atoms with van der Waals surface area (Å²) in [5.74, 6) is 5.92. The van der Waals surface area contributed by atoms with Crippen molar-refractivity contribution in [3.8, 4) is 0 Å². The van der Waals surface area contributed by atoms with Crippen LogP contribution in [0, 0.1) is 0 Å². The molecule has 0 atom stereocenters. The third-order valence-corrected chi connectivity index (χ3v) is 3.12. The van der Waals surface area contributed by atoms with Crippen LogP contribution in [0.15, 0.2) is 10.7 Å². The van der Waals surface area contributed by atoms with Gasteiger partial charge in [-0.3, -0.25) is 5.43 Å². The highest BCUT2D eigenvalue weighted by atomic mass is 79.9. The fraction of sp³-hybridized carbons (Fsp3) is 0.556. The predicted molar refractivity (Wildman–Crippen MR) is 68.4 cm³/mol. The number of nitrogens with zero attached hydrogens (tertiary/aromatic N) is 2. The molecule has 0 radical (unpaired) electrons. The molecule has 0 fully saturated rings. The molecule has 1 rings (SSSR count). The molecule has 96 valence electrons. The molecule has 0 aromatic carbocycles. The first-order chi connectivity index (χ1) is 8.10. The molecule has 0 unspecified atom stereocenters. The molecule has 0 bridgehead atoms. The number of aliphatic hydroxyl groups is 2. The maximum Gasteiger partial charge on any atom is 0.239 e. The molecular weight excluding hydrogens is 290 g/mol. The number of nitrogens with one attached hydrogen (secondary N) is 2. The van der Waals surface area contributed by atoms with Gasteiger partial charge in [-0.2, -0.15) is 4.98 Å². The van der Waals surface area contributed by atoms with Gasteiger partial charge >= 0.3 is 0 Å². The smallest absolute Gasteiger partial charge is 0.239 e. The Labute approximate surface area is 108 Å². The minimum atomic E-state index is -0.817. The van der Waals surface area contributed by atoms with Crippen molar-refractivity contribution in [2.75, 3.05) is 24.0 Å². The lowest BCUT2D eigenvalue weighted by molar-refractivity contribution is 0.132. The SMILES string of the molecule is CCC(CO)(CO)Nc1nc(NN)ncc1Br. The predicted octanol–water partition coefficient (Wildman–Crippen LogP) is 0.0700. The van der Waals surface area contributed by atoms with Gasteiger partial charge < -0.3 is 15.5 Å². The highest BCUT2D eigenvalue weighted by Crippen LogP contribution is 2.24. The largest absolute Gasteiger partial charge is 0.394 e. The topological polar surface area (TPSA) is 116 Å². The number of hydrogen-bond donors (Lipinski definition) is 5. The van der Waals surface area contributed by atoms with Crippen LogP contribution in [0.2, 0.25) is 0 Å². The number of aliphatic hydroxyl groups excluding tert-OH is 2. The Morgan fingerprint density at radius 3 is 2.59 bits per heavy atom. The molecule has 0 saturated carbocycles. The van der Waals surface area contributed by atoms with Crippen molar-refractivity contribution in [3.63, 3.8) is 0 Å². The van der Waals surface area contributed by atoms with Crippen molar-refractivity contribution < 1.29 is 10.2 Å². The summed E-state index contributed by atoms with van der Waals surface area (Å²) in [6, 6.07) is 0. The van der Waals surface area contributed by atoms with Crippen LogP contribution < -0.4 is 16.6 Å². The Morgan fingerprint density at radius 2 is 2.12 bits per heavy atom. The summed E-state index contributed by atoms with van der Waals surface area (Å²) in [5.41, 5.74) is 1.51. The Morgan fingerprint density at radius 1 is 1.47 bits per heavy atom. The summed E-state index contributed by atoms with van der Waals surface area (Å²) in [5, 5.41) is 21.7. The first kappa shape index (κ1) is 14.1. The van der Waals surface area contributed by atoms with E-state index < -0.39 is 5.54 Å². The van der Waals surface area contributed by atoms with Crippen molar-refractivity contribution in [1.29, 1.82) is 0 Å². The summed E-state index contributed by atoms with van der Waals surface area (Å²) in [7, 11) is 0. The van der Waals surface area contributed by atoms with Crippen LogP contribution in [-0.2, 0) is 0 Å². The van der Waals surface area contributed by atoms with Crippen LogP contribution in [0.5, 0.6) is 0 Å². The monoisotopic (exact) mass is 305 g/mol. The van der Waals surface area contributed by atoms with Crippen molar-refractivity contribution in [2.24, 2.45) is 5.84 Å². The molecule has 0 aliphatic rings. The van der Waals surface area contributed by atoms with Crippen LogP contribution in [0.4, 0.5) is 11.8 Å². The summed E-state index contributed by atoms with van der Waals surface area (Å²) >= 11 is 3.28. The van der Waals surface area contributed by atoms with Gasteiger partial charge in [-0.15, -0.1) is 0 Å². The minimum Gasteiger partial charge on any atom is -0.394 e. The lowest BCUT2D eigenvalue weighted by Gasteiger charge is -2.30. The molecule has 0 aliphatic heterocycles. The third-order valence-electron chi connectivity index (χ3n) is 2.54. The summed E-state index contributed by atoms with van der Waals surface area (Å²) in [6.45, 7) is 1.44. The molecule has 1 heterocycles. The van der Waals surface area contributed by atoms with Crippen molar-refractivity contribution in [2.45, 2.75) is 18.9 Å². The van der Waals surface area contributed by atoms with E-state index in [0.29, 0.717) is 16.7 Å². The first-order valence-electron chi connectivity index (χ1n) is 5.10.